The molecule has 4 rings (SSSR count). The Morgan fingerprint density at radius 2 is 1.88 bits per heavy atom. The van der Waals surface area contributed by atoms with Crippen LogP contribution in [0.2, 0.25) is 0 Å². The van der Waals surface area contributed by atoms with Crippen LogP contribution in [0.5, 0.6) is 0 Å². The number of hydrogen-bond donors (Lipinski definition) is 0. The number of hydrogen-bond acceptors (Lipinski definition) is 4. The summed E-state index contributed by atoms with van der Waals surface area (Å²) in [7, 11) is 0. The van der Waals surface area contributed by atoms with Gasteiger partial charge in [0, 0.05) is 24.4 Å². The molecule has 2 fully saturated rings. The summed E-state index contributed by atoms with van der Waals surface area (Å²) in [5.41, 5.74) is 1.24. The van der Waals surface area contributed by atoms with Crippen molar-refractivity contribution in [3.05, 3.63) is 21.9 Å². The van der Waals surface area contributed by atoms with Gasteiger partial charge in [0.05, 0.1) is 17.9 Å². The summed E-state index contributed by atoms with van der Waals surface area (Å²) in [6.07, 6.45) is 4.84. The minimum absolute atomic E-state index is 0.0415. The highest BCUT2D eigenvalue weighted by molar-refractivity contribution is 7.10. The van der Waals surface area contributed by atoms with Gasteiger partial charge in [-0.3, -0.25) is 19.3 Å². The van der Waals surface area contributed by atoms with Crippen LogP contribution in [0, 0.1) is 11.8 Å². The Bertz CT molecular complexity index is 689. The molecule has 3 unspecified atom stereocenters. The molecule has 1 aromatic rings. The third-order valence-corrected chi connectivity index (χ3v) is 7.08. The lowest BCUT2D eigenvalue weighted by molar-refractivity contribution is -0.141. The molecule has 0 bridgehead atoms. The Kier molecular flexibility index (Phi) is 4.40. The second-order valence-corrected chi connectivity index (χ2v) is 8.39. The van der Waals surface area contributed by atoms with Gasteiger partial charge in [0.25, 0.3) is 0 Å². The predicted molar refractivity (Wildman–Crippen MR) is 94.9 cm³/mol. The average Bonchev–Trinajstić information content (AvgIpc) is 3.19. The Balaban J connectivity index is 1.39. The van der Waals surface area contributed by atoms with Crippen molar-refractivity contribution in [3.8, 4) is 0 Å². The lowest BCUT2D eigenvalue weighted by atomic mass is 9.81. The van der Waals surface area contributed by atoms with E-state index in [1.165, 1.54) is 15.3 Å². The molecule has 3 amide bonds. The summed E-state index contributed by atoms with van der Waals surface area (Å²) in [6, 6.07) is 2.18. The van der Waals surface area contributed by atoms with Crippen molar-refractivity contribution in [2.45, 2.75) is 51.5 Å². The van der Waals surface area contributed by atoms with Gasteiger partial charge < -0.3 is 4.90 Å². The monoisotopic (exact) mass is 360 g/mol. The topological polar surface area (TPSA) is 57.7 Å². The fourth-order valence-electron chi connectivity index (χ4n) is 4.65. The summed E-state index contributed by atoms with van der Waals surface area (Å²) in [4.78, 5) is 42.4. The van der Waals surface area contributed by atoms with E-state index in [1.807, 2.05) is 4.90 Å². The zero-order chi connectivity index (χ0) is 17.6. The second-order valence-electron chi connectivity index (χ2n) is 7.39. The largest absolute Gasteiger partial charge is 0.335 e. The zero-order valence-electron chi connectivity index (χ0n) is 14.6. The summed E-state index contributed by atoms with van der Waals surface area (Å²) in [5, 5.41) is 2.08. The fraction of sp³-hybridized carbons (Fsp3) is 0.632. The Morgan fingerprint density at radius 1 is 1.20 bits per heavy atom. The van der Waals surface area contributed by atoms with Gasteiger partial charge >= 0.3 is 0 Å². The molecule has 1 saturated carbocycles. The zero-order valence-corrected chi connectivity index (χ0v) is 15.4. The molecule has 3 atom stereocenters. The standard InChI is InChI=1S/C19H24N2O3S/c1-12-13-8-11-25-16(13)6-9-20(12)17(22)7-10-21-18(23)14-4-2-3-5-15(14)19(21)24/h8,11-12,14-15H,2-7,9-10H2,1H3. The minimum Gasteiger partial charge on any atom is -0.335 e. The number of likely N-dealkylation sites (tertiary alicyclic amines) is 1. The summed E-state index contributed by atoms with van der Waals surface area (Å²) < 4.78 is 0. The molecule has 0 radical (unpaired) electrons. The van der Waals surface area contributed by atoms with Crippen molar-refractivity contribution < 1.29 is 14.4 Å². The van der Waals surface area contributed by atoms with Crippen LogP contribution >= 0.6 is 11.3 Å². The molecule has 1 saturated heterocycles. The number of rotatable bonds is 3. The first kappa shape index (κ1) is 16.8. The van der Waals surface area contributed by atoms with Crippen molar-refractivity contribution in [2.24, 2.45) is 11.8 Å². The molecule has 0 N–H and O–H groups in total. The van der Waals surface area contributed by atoms with Crippen LogP contribution in [-0.2, 0) is 20.8 Å². The third kappa shape index (κ3) is 2.80. The van der Waals surface area contributed by atoms with Crippen LogP contribution in [-0.4, -0.2) is 40.6 Å². The Labute approximate surface area is 152 Å². The van der Waals surface area contributed by atoms with Crippen LogP contribution in [0.15, 0.2) is 11.4 Å². The van der Waals surface area contributed by atoms with E-state index >= 15 is 0 Å². The maximum atomic E-state index is 12.7. The molecule has 3 heterocycles. The first-order chi connectivity index (χ1) is 12.1. The highest BCUT2D eigenvalue weighted by Crippen LogP contribution is 2.38. The Hall–Kier alpha value is -1.69. The lowest BCUT2D eigenvalue weighted by Crippen LogP contribution is -2.41. The quantitative estimate of drug-likeness (QED) is 0.779. The van der Waals surface area contributed by atoms with Gasteiger partial charge in [0.2, 0.25) is 17.7 Å². The highest BCUT2D eigenvalue weighted by atomic mass is 32.1. The number of fused-ring (bicyclic) bond motifs is 2. The number of nitrogens with zero attached hydrogens (tertiary/aromatic N) is 2. The predicted octanol–water partition coefficient (Wildman–Crippen LogP) is 2.76. The van der Waals surface area contributed by atoms with Crippen LogP contribution in [0.1, 0.15) is 55.5 Å². The maximum absolute atomic E-state index is 12.7. The molecule has 134 valence electrons. The molecule has 1 aliphatic carbocycles. The van der Waals surface area contributed by atoms with Gasteiger partial charge in [0.1, 0.15) is 0 Å². The molecule has 2 aliphatic heterocycles. The van der Waals surface area contributed by atoms with Crippen LogP contribution in [0.25, 0.3) is 0 Å². The van der Waals surface area contributed by atoms with Crippen molar-refractivity contribution in [2.75, 3.05) is 13.1 Å². The van der Waals surface area contributed by atoms with E-state index in [0.29, 0.717) is 0 Å². The lowest BCUT2D eigenvalue weighted by Gasteiger charge is -2.34. The van der Waals surface area contributed by atoms with E-state index in [-0.39, 0.29) is 48.6 Å². The molecule has 5 nitrogen and oxygen atoms in total. The number of carbonyl (C=O) groups excluding carboxylic acids is 3. The van der Waals surface area contributed by atoms with E-state index in [1.54, 1.807) is 11.3 Å². The van der Waals surface area contributed by atoms with Crippen molar-refractivity contribution in [1.82, 2.24) is 9.80 Å². The van der Waals surface area contributed by atoms with Crippen molar-refractivity contribution in [1.29, 1.82) is 0 Å². The van der Waals surface area contributed by atoms with Crippen LogP contribution in [0.3, 0.4) is 0 Å². The molecule has 25 heavy (non-hydrogen) atoms. The molecular formula is C19H24N2O3S. The molecular weight excluding hydrogens is 336 g/mol. The van der Waals surface area contributed by atoms with E-state index < -0.39 is 0 Å². The van der Waals surface area contributed by atoms with E-state index in [4.69, 9.17) is 0 Å². The molecule has 0 aromatic carbocycles. The van der Waals surface area contributed by atoms with Crippen molar-refractivity contribution in [3.63, 3.8) is 0 Å². The van der Waals surface area contributed by atoms with E-state index in [0.717, 1.165) is 38.6 Å². The van der Waals surface area contributed by atoms with Crippen molar-refractivity contribution >= 4 is 29.1 Å². The maximum Gasteiger partial charge on any atom is 0.233 e. The molecule has 1 aromatic heterocycles. The minimum atomic E-state index is -0.126. The molecule has 3 aliphatic rings. The number of amides is 3. The van der Waals surface area contributed by atoms with Gasteiger partial charge in [-0.25, -0.2) is 0 Å². The highest BCUT2D eigenvalue weighted by Gasteiger charge is 2.48. The summed E-state index contributed by atoms with van der Waals surface area (Å²) >= 11 is 1.75. The molecule has 6 heteroatoms. The van der Waals surface area contributed by atoms with E-state index in [9.17, 15) is 14.4 Å². The van der Waals surface area contributed by atoms with Gasteiger partial charge in [-0.15, -0.1) is 11.3 Å². The second kappa shape index (κ2) is 6.56. The smallest absolute Gasteiger partial charge is 0.233 e. The number of imide groups is 1. The number of carbonyl (C=O) groups is 3. The molecule has 0 spiro atoms. The first-order valence-corrected chi connectivity index (χ1v) is 10.2. The third-order valence-electron chi connectivity index (χ3n) is 6.08. The fourth-order valence-corrected chi connectivity index (χ4v) is 5.62. The van der Waals surface area contributed by atoms with Gasteiger partial charge in [-0.2, -0.15) is 0 Å². The summed E-state index contributed by atoms with van der Waals surface area (Å²) in [5.74, 6) is -0.305. The normalized spacial score (nSPS) is 28.9. The van der Waals surface area contributed by atoms with Gasteiger partial charge in [-0.1, -0.05) is 12.8 Å². The number of thiophene rings is 1. The average molecular weight is 360 g/mol. The van der Waals surface area contributed by atoms with Gasteiger partial charge in [-0.05, 0) is 43.2 Å². The summed E-state index contributed by atoms with van der Waals surface area (Å²) in [6.45, 7) is 3.02. The van der Waals surface area contributed by atoms with E-state index in [2.05, 4.69) is 18.4 Å². The Morgan fingerprint density at radius 3 is 2.56 bits per heavy atom. The van der Waals surface area contributed by atoms with Crippen LogP contribution < -0.4 is 0 Å². The van der Waals surface area contributed by atoms with Crippen LogP contribution in [0.4, 0.5) is 0 Å². The SMILES string of the molecule is CC1c2ccsc2CCN1C(=O)CCN1C(=O)C2CCCCC2C1=O. The van der Waals surface area contributed by atoms with Gasteiger partial charge in [0.15, 0.2) is 0 Å². The first-order valence-electron chi connectivity index (χ1n) is 9.29.